The molecule has 0 unspecified atom stereocenters. The predicted molar refractivity (Wildman–Crippen MR) is 121 cm³/mol. The summed E-state index contributed by atoms with van der Waals surface area (Å²) in [7, 11) is 0. The van der Waals surface area contributed by atoms with Crippen molar-refractivity contribution in [3.63, 3.8) is 0 Å². The number of nitrogens with one attached hydrogen (secondary N) is 3. The van der Waals surface area contributed by atoms with Gasteiger partial charge in [-0.15, -0.1) is 0 Å². The summed E-state index contributed by atoms with van der Waals surface area (Å²) in [5, 5.41) is 11.4. The zero-order valence-electron chi connectivity index (χ0n) is 17.2. The van der Waals surface area contributed by atoms with Crippen molar-refractivity contribution in [1.82, 2.24) is 35.1 Å². The number of hydrogen-bond donors (Lipinski definition) is 3. The van der Waals surface area contributed by atoms with E-state index in [1.54, 1.807) is 31.0 Å². The fourth-order valence-electron chi connectivity index (χ4n) is 4.30. The molecule has 5 aromatic rings. The number of imidazole rings is 1. The molecule has 1 aliphatic carbocycles. The number of nitrogens with zero attached hydrogens (tertiary/aromatic N) is 5. The van der Waals surface area contributed by atoms with Crippen molar-refractivity contribution in [2.75, 3.05) is 5.32 Å². The molecule has 0 aliphatic heterocycles. The second-order valence-corrected chi connectivity index (χ2v) is 8.10. The second kappa shape index (κ2) is 7.52. The van der Waals surface area contributed by atoms with Gasteiger partial charge < -0.3 is 10.3 Å². The van der Waals surface area contributed by atoms with E-state index in [9.17, 15) is 4.79 Å². The van der Waals surface area contributed by atoms with Crippen molar-refractivity contribution in [1.29, 1.82) is 0 Å². The normalized spacial score (nSPS) is 14.4. The van der Waals surface area contributed by atoms with Gasteiger partial charge in [-0.1, -0.05) is 12.8 Å². The van der Waals surface area contributed by atoms with E-state index < -0.39 is 0 Å². The molecule has 32 heavy (non-hydrogen) atoms. The van der Waals surface area contributed by atoms with E-state index in [4.69, 9.17) is 0 Å². The van der Waals surface area contributed by atoms with Crippen LogP contribution in [-0.4, -0.2) is 41.0 Å². The summed E-state index contributed by atoms with van der Waals surface area (Å²) >= 11 is 0. The first-order valence-corrected chi connectivity index (χ1v) is 10.6. The first-order chi connectivity index (χ1) is 15.7. The SMILES string of the molecule is O=C(Nc1cncc(-c2cc3c(-c4nc5ccncc5[nH]4)n[nH]c3cn2)c1)C1CCCC1. The molecule has 0 saturated heterocycles. The standard InChI is InChI=1S/C23H20N8O/c32-23(13-3-1-2-4-13)27-15-7-14(9-25-10-15)18-8-16-19(12-26-18)30-31-21(16)22-28-17-5-6-24-11-20(17)29-22/h5-13H,1-4H2,(H,27,32)(H,28,29)(H,30,31). The average Bonchev–Trinajstić information content (AvgIpc) is 3.58. The maximum absolute atomic E-state index is 12.5. The molecule has 1 saturated carbocycles. The molecule has 5 aromatic heterocycles. The quantitative estimate of drug-likeness (QED) is 0.399. The number of aromatic amines is 2. The summed E-state index contributed by atoms with van der Waals surface area (Å²) in [6.45, 7) is 0. The number of carbonyl (C=O) groups is 1. The summed E-state index contributed by atoms with van der Waals surface area (Å²) in [4.78, 5) is 33.4. The van der Waals surface area contributed by atoms with Gasteiger partial charge in [-0.2, -0.15) is 5.10 Å². The topological polar surface area (TPSA) is 125 Å². The highest BCUT2D eigenvalue weighted by Crippen LogP contribution is 2.30. The molecular weight excluding hydrogens is 404 g/mol. The van der Waals surface area contributed by atoms with Gasteiger partial charge in [0.1, 0.15) is 5.69 Å². The Kier molecular flexibility index (Phi) is 4.38. The van der Waals surface area contributed by atoms with Crippen LogP contribution in [0.3, 0.4) is 0 Å². The van der Waals surface area contributed by atoms with Crippen molar-refractivity contribution in [3.05, 3.63) is 49.2 Å². The minimum atomic E-state index is 0.0707. The molecule has 0 radical (unpaired) electrons. The van der Waals surface area contributed by atoms with Gasteiger partial charge in [0, 0.05) is 29.3 Å². The third kappa shape index (κ3) is 3.27. The monoisotopic (exact) mass is 424 g/mol. The van der Waals surface area contributed by atoms with Crippen molar-refractivity contribution in [3.8, 4) is 22.8 Å². The average molecular weight is 424 g/mol. The molecule has 1 fully saturated rings. The Morgan fingerprint density at radius 1 is 1.03 bits per heavy atom. The van der Waals surface area contributed by atoms with Gasteiger partial charge in [-0.3, -0.25) is 24.8 Å². The highest BCUT2D eigenvalue weighted by molar-refractivity contribution is 5.95. The number of H-pyrrole nitrogens is 2. The number of anilines is 1. The smallest absolute Gasteiger partial charge is 0.227 e. The predicted octanol–water partition coefficient (Wildman–Crippen LogP) is 4.09. The van der Waals surface area contributed by atoms with Crippen molar-refractivity contribution in [2.45, 2.75) is 25.7 Å². The van der Waals surface area contributed by atoms with Crippen LogP contribution in [0.5, 0.6) is 0 Å². The van der Waals surface area contributed by atoms with Gasteiger partial charge in [-0.05, 0) is 31.0 Å². The van der Waals surface area contributed by atoms with Crippen LogP contribution in [0, 0.1) is 5.92 Å². The summed E-state index contributed by atoms with van der Waals surface area (Å²) in [6.07, 6.45) is 12.8. The van der Waals surface area contributed by atoms with Crippen LogP contribution < -0.4 is 5.32 Å². The molecule has 1 amide bonds. The van der Waals surface area contributed by atoms with Gasteiger partial charge in [0.15, 0.2) is 5.82 Å². The Bertz CT molecular complexity index is 1410. The van der Waals surface area contributed by atoms with Crippen molar-refractivity contribution in [2.24, 2.45) is 5.92 Å². The van der Waals surface area contributed by atoms with Gasteiger partial charge in [0.05, 0.1) is 46.5 Å². The van der Waals surface area contributed by atoms with E-state index in [1.807, 2.05) is 18.2 Å². The lowest BCUT2D eigenvalue weighted by Crippen LogP contribution is -2.20. The zero-order valence-corrected chi connectivity index (χ0v) is 17.2. The second-order valence-electron chi connectivity index (χ2n) is 8.10. The van der Waals surface area contributed by atoms with Crippen molar-refractivity contribution < 1.29 is 4.79 Å². The lowest BCUT2D eigenvalue weighted by atomic mass is 10.1. The Hall–Kier alpha value is -4.14. The van der Waals surface area contributed by atoms with Crippen LogP contribution in [0.4, 0.5) is 5.69 Å². The van der Waals surface area contributed by atoms with E-state index in [2.05, 4.69) is 40.4 Å². The number of hydrogen-bond acceptors (Lipinski definition) is 6. The molecule has 6 rings (SSSR count). The lowest BCUT2D eigenvalue weighted by molar-refractivity contribution is -0.119. The third-order valence-electron chi connectivity index (χ3n) is 5.98. The zero-order chi connectivity index (χ0) is 21.5. The van der Waals surface area contributed by atoms with E-state index in [-0.39, 0.29) is 11.8 Å². The first-order valence-electron chi connectivity index (χ1n) is 10.6. The van der Waals surface area contributed by atoms with Crippen molar-refractivity contribution >= 4 is 33.5 Å². The van der Waals surface area contributed by atoms with Crippen LogP contribution in [0.25, 0.3) is 44.7 Å². The van der Waals surface area contributed by atoms with Crippen LogP contribution in [0.1, 0.15) is 25.7 Å². The maximum Gasteiger partial charge on any atom is 0.227 e. The summed E-state index contributed by atoms with van der Waals surface area (Å²) in [6, 6.07) is 5.72. The van der Waals surface area contributed by atoms with E-state index in [0.29, 0.717) is 17.2 Å². The first kappa shape index (κ1) is 18.6. The molecule has 5 heterocycles. The number of aromatic nitrogens is 7. The molecule has 158 valence electrons. The minimum absolute atomic E-state index is 0.0707. The van der Waals surface area contributed by atoms with Crippen LogP contribution in [0.2, 0.25) is 0 Å². The van der Waals surface area contributed by atoms with Crippen LogP contribution in [0.15, 0.2) is 49.2 Å². The van der Waals surface area contributed by atoms with Crippen LogP contribution in [-0.2, 0) is 4.79 Å². The Morgan fingerprint density at radius 2 is 1.94 bits per heavy atom. The molecule has 3 N–H and O–H groups in total. The van der Waals surface area contributed by atoms with Gasteiger partial charge in [-0.25, -0.2) is 4.98 Å². The molecule has 0 atom stereocenters. The molecule has 1 aliphatic rings. The third-order valence-corrected chi connectivity index (χ3v) is 5.98. The Morgan fingerprint density at radius 3 is 2.81 bits per heavy atom. The number of carbonyl (C=O) groups excluding carboxylic acids is 1. The molecular formula is C23H20N8O. The van der Waals surface area contributed by atoms with E-state index in [0.717, 1.165) is 58.9 Å². The summed E-state index contributed by atoms with van der Waals surface area (Å²) < 4.78 is 0. The fourth-order valence-corrected chi connectivity index (χ4v) is 4.30. The molecule has 0 aromatic carbocycles. The lowest BCUT2D eigenvalue weighted by Gasteiger charge is -2.11. The minimum Gasteiger partial charge on any atom is -0.335 e. The molecule has 0 bridgehead atoms. The van der Waals surface area contributed by atoms with E-state index >= 15 is 0 Å². The maximum atomic E-state index is 12.5. The summed E-state index contributed by atoms with van der Waals surface area (Å²) in [5.41, 5.74) is 5.43. The van der Waals surface area contributed by atoms with Gasteiger partial charge in [0.25, 0.3) is 0 Å². The molecule has 0 spiro atoms. The van der Waals surface area contributed by atoms with Crippen LogP contribution >= 0.6 is 0 Å². The highest BCUT2D eigenvalue weighted by Gasteiger charge is 2.23. The Balaban J connectivity index is 1.35. The molecule has 9 heteroatoms. The van der Waals surface area contributed by atoms with Gasteiger partial charge >= 0.3 is 0 Å². The largest absolute Gasteiger partial charge is 0.335 e. The Labute approximate surface area is 182 Å². The van der Waals surface area contributed by atoms with E-state index in [1.165, 1.54) is 0 Å². The number of rotatable bonds is 4. The number of fused-ring (bicyclic) bond motifs is 2. The number of amides is 1. The summed E-state index contributed by atoms with van der Waals surface area (Å²) in [5.74, 6) is 0.828. The fraction of sp³-hybridized carbons (Fsp3) is 0.217. The van der Waals surface area contributed by atoms with Gasteiger partial charge in [0.2, 0.25) is 5.91 Å². The molecule has 9 nitrogen and oxygen atoms in total. The number of pyridine rings is 3. The highest BCUT2D eigenvalue weighted by atomic mass is 16.1.